The number of carboxylic acids is 1. The molecule has 0 saturated heterocycles. The maximum absolute atomic E-state index is 11.8. The standard InChI is InChI=1S/C13H11BrN2O3S/c14-8-1-3-9(4-2-8)15-11(17)6-12-16-10(7-20-12)5-13(18)19/h1-4,7H,5-6H2,(H,15,17)(H,18,19)/p-1. The van der Waals surface area contributed by atoms with Crippen molar-refractivity contribution in [1.29, 1.82) is 0 Å². The smallest absolute Gasteiger partial charge is 0.231 e. The van der Waals surface area contributed by atoms with E-state index in [1.807, 2.05) is 12.1 Å². The van der Waals surface area contributed by atoms with Crippen LogP contribution >= 0.6 is 27.3 Å². The molecule has 0 saturated carbocycles. The van der Waals surface area contributed by atoms with Crippen LogP contribution in [0.5, 0.6) is 0 Å². The van der Waals surface area contributed by atoms with Gasteiger partial charge in [-0.3, -0.25) is 4.79 Å². The molecule has 104 valence electrons. The fraction of sp³-hybridized carbons (Fsp3) is 0.154. The van der Waals surface area contributed by atoms with Gasteiger partial charge in [-0.25, -0.2) is 4.98 Å². The predicted octanol–water partition coefficient (Wildman–Crippen LogP) is 1.38. The summed E-state index contributed by atoms with van der Waals surface area (Å²) >= 11 is 4.58. The highest BCUT2D eigenvalue weighted by Gasteiger charge is 2.08. The summed E-state index contributed by atoms with van der Waals surface area (Å²) in [5, 5.41) is 15.4. The molecule has 0 aliphatic heterocycles. The molecule has 0 fully saturated rings. The first-order chi connectivity index (χ1) is 9.52. The Kier molecular flexibility index (Phi) is 4.86. The molecule has 0 aliphatic rings. The normalized spacial score (nSPS) is 10.2. The molecular formula is C13H10BrN2O3S-. The Balaban J connectivity index is 1.92. The van der Waals surface area contributed by atoms with Crippen LogP contribution in [0.2, 0.25) is 0 Å². The number of benzene rings is 1. The first kappa shape index (κ1) is 14.7. The van der Waals surface area contributed by atoms with Gasteiger partial charge in [0.1, 0.15) is 5.01 Å². The van der Waals surface area contributed by atoms with Crippen molar-refractivity contribution in [3.8, 4) is 0 Å². The lowest BCUT2D eigenvalue weighted by atomic mass is 10.3. The highest BCUT2D eigenvalue weighted by Crippen LogP contribution is 2.15. The summed E-state index contributed by atoms with van der Waals surface area (Å²) in [6.45, 7) is 0. The summed E-state index contributed by atoms with van der Waals surface area (Å²) in [5.41, 5.74) is 1.12. The molecule has 7 heteroatoms. The zero-order chi connectivity index (χ0) is 14.5. The van der Waals surface area contributed by atoms with Crippen molar-refractivity contribution in [1.82, 2.24) is 4.98 Å². The number of carbonyl (C=O) groups is 2. The number of aliphatic carboxylic acids is 1. The van der Waals surface area contributed by atoms with Crippen molar-refractivity contribution in [3.63, 3.8) is 0 Å². The SMILES string of the molecule is O=C([O-])Cc1csc(CC(=O)Nc2ccc(Br)cc2)n1. The van der Waals surface area contributed by atoms with Gasteiger partial charge in [-0.15, -0.1) is 11.3 Å². The molecule has 1 aromatic carbocycles. The van der Waals surface area contributed by atoms with E-state index in [2.05, 4.69) is 26.2 Å². The quantitative estimate of drug-likeness (QED) is 0.880. The summed E-state index contributed by atoms with van der Waals surface area (Å²) < 4.78 is 0.933. The van der Waals surface area contributed by atoms with Gasteiger partial charge in [0.25, 0.3) is 0 Å². The van der Waals surface area contributed by atoms with E-state index in [0.29, 0.717) is 16.4 Å². The van der Waals surface area contributed by atoms with Crippen molar-refractivity contribution >= 4 is 44.8 Å². The lowest BCUT2D eigenvalue weighted by Crippen LogP contribution is -2.24. The minimum absolute atomic E-state index is 0.119. The topological polar surface area (TPSA) is 82.1 Å². The maximum Gasteiger partial charge on any atom is 0.231 e. The second-order valence-corrected chi connectivity index (χ2v) is 5.87. The number of hydrogen-bond donors (Lipinski definition) is 1. The lowest BCUT2D eigenvalue weighted by molar-refractivity contribution is -0.304. The molecule has 0 bridgehead atoms. The van der Waals surface area contributed by atoms with E-state index in [-0.39, 0.29) is 18.7 Å². The number of rotatable bonds is 5. The fourth-order valence-corrected chi connectivity index (χ4v) is 2.59. The lowest BCUT2D eigenvalue weighted by Gasteiger charge is -2.03. The number of anilines is 1. The molecule has 1 N–H and O–H groups in total. The third kappa shape index (κ3) is 4.43. The molecule has 2 aromatic rings. The number of hydrogen-bond acceptors (Lipinski definition) is 5. The third-order valence-electron chi connectivity index (χ3n) is 2.36. The molecule has 0 aliphatic carbocycles. The molecule has 1 amide bonds. The van der Waals surface area contributed by atoms with Crippen molar-refractivity contribution < 1.29 is 14.7 Å². The molecule has 0 radical (unpaired) electrons. The first-order valence-electron chi connectivity index (χ1n) is 5.71. The molecule has 20 heavy (non-hydrogen) atoms. The molecular weight excluding hydrogens is 344 g/mol. The number of thiazole rings is 1. The summed E-state index contributed by atoms with van der Waals surface area (Å²) in [4.78, 5) is 26.3. The van der Waals surface area contributed by atoms with Crippen LogP contribution in [-0.2, 0) is 22.4 Å². The Morgan fingerprint density at radius 2 is 1.95 bits per heavy atom. The van der Waals surface area contributed by atoms with Crippen LogP contribution in [0.25, 0.3) is 0 Å². The number of halogens is 1. The molecule has 1 aromatic heterocycles. The van der Waals surface area contributed by atoms with Crippen LogP contribution in [-0.4, -0.2) is 16.9 Å². The van der Waals surface area contributed by atoms with Crippen LogP contribution in [0.15, 0.2) is 34.1 Å². The molecule has 0 unspecified atom stereocenters. The van der Waals surface area contributed by atoms with E-state index in [9.17, 15) is 14.7 Å². The van der Waals surface area contributed by atoms with E-state index in [4.69, 9.17) is 0 Å². The zero-order valence-electron chi connectivity index (χ0n) is 10.3. The van der Waals surface area contributed by atoms with Crippen LogP contribution in [0.4, 0.5) is 5.69 Å². The van der Waals surface area contributed by atoms with Gasteiger partial charge in [0.05, 0.1) is 12.1 Å². The van der Waals surface area contributed by atoms with E-state index in [0.717, 1.165) is 4.47 Å². The first-order valence-corrected chi connectivity index (χ1v) is 7.39. The largest absolute Gasteiger partial charge is 0.550 e. The van der Waals surface area contributed by atoms with Gasteiger partial charge in [-0.2, -0.15) is 0 Å². The summed E-state index contributed by atoms with van der Waals surface area (Å²) in [6, 6.07) is 7.23. The Morgan fingerprint density at radius 3 is 2.60 bits per heavy atom. The van der Waals surface area contributed by atoms with Crippen molar-refractivity contribution in [2.45, 2.75) is 12.8 Å². The predicted molar refractivity (Wildman–Crippen MR) is 77.3 cm³/mol. The van der Waals surface area contributed by atoms with Gasteiger partial charge in [0.15, 0.2) is 0 Å². The van der Waals surface area contributed by atoms with Gasteiger partial charge < -0.3 is 15.2 Å². The minimum Gasteiger partial charge on any atom is -0.550 e. The Labute approximate surface area is 127 Å². The number of aromatic nitrogens is 1. The average Bonchev–Trinajstić information content (AvgIpc) is 2.78. The molecule has 0 spiro atoms. The molecule has 2 rings (SSSR count). The van der Waals surface area contributed by atoms with Gasteiger partial charge in [0, 0.05) is 27.9 Å². The summed E-state index contributed by atoms with van der Waals surface area (Å²) in [6.07, 6.45) is -0.112. The average molecular weight is 354 g/mol. The van der Waals surface area contributed by atoms with Gasteiger partial charge >= 0.3 is 0 Å². The van der Waals surface area contributed by atoms with Gasteiger partial charge in [0.2, 0.25) is 5.91 Å². The highest BCUT2D eigenvalue weighted by atomic mass is 79.9. The second kappa shape index (κ2) is 6.62. The number of carbonyl (C=O) groups excluding carboxylic acids is 2. The van der Waals surface area contributed by atoms with Gasteiger partial charge in [-0.1, -0.05) is 15.9 Å². The number of amides is 1. The van der Waals surface area contributed by atoms with E-state index < -0.39 is 5.97 Å². The van der Waals surface area contributed by atoms with Crippen molar-refractivity contribution in [2.24, 2.45) is 0 Å². The van der Waals surface area contributed by atoms with E-state index in [1.54, 1.807) is 17.5 Å². The number of carboxylic acid groups (broad SMARTS) is 1. The Hall–Kier alpha value is -1.73. The van der Waals surface area contributed by atoms with E-state index >= 15 is 0 Å². The number of nitrogens with zero attached hydrogens (tertiary/aromatic N) is 1. The molecule has 1 heterocycles. The zero-order valence-corrected chi connectivity index (χ0v) is 12.7. The third-order valence-corrected chi connectivity index (χ3v) is 3.79. The maximum atomic E-state index is 11.8. The fourth-order valence-electron chi connectivity index (χ4n) is 1.53. The van der Waals surface area contributed by atoms with Crippen LogP contribution in [0, 0.1) is 0 Å². The van der Waals surface area contributed by atoms with Crippen LogP contribution in [0.3, 0.4) is 0 Å². The summed E-state index contributed by atoms with van der Waals surface area (Å²) in [7, 11) is 0. The molecule has 0 atom stereocenters. The Morgan fingerprint density at radius 1 is 1.25 bits per heavy atom. The minimum atomic E-state index is -1.18. The van der Waals surface area contributed by atoms with Crippen molar-refractivity contribution in [3.05, 3.63) is 44.8 Å². The Bertz CT molecular complexity index is 625. The van der Waals surface area contributed by atoms with Crippen molar-refractivity contribution in [2.75, 3.05) is 5.32 Å². The molecule has 5 nitrogen and oxygen atoms in total. The van der Waals surface area contributed by atoms with Crippen LogP contribution < -0.4 is 10.4 Å². The van der Waals surface area contributed by atoms with Gasteiger partial charge in [-0.05, 0) is 24.3 Å². The summed E-state index contributed by atoms with van der Waals surface area (Å²) in [5.74, 6) is -1.37. The number of nitrogens with one attached hydrogen (secondary N) is 1. The van der Waals surface area contributed by atoms with E-state index in [1.165, 1.54) is 11.3 Å². The second-order valence-electron chi connectivity index (χ2n) is 4.01. The highest BCUT2D eigenvalue weighted by molar-refractivity contribution is 9.10. The monoisotopic (exact) mass is 353 g/mol. The van der Waals surface area contributed by atoms with Crippen LogP contribution in [0.1, 0.15) is 10.7 Å².